The van der Waals surface area contributed by atoms with Crippen LogP contribution in [-0.2, 0) is 0 Å². The van der Waals surface area contributed by atoms with Crippen molar-refractivity contribution in [3.63, 3.8) is 0 Å². The van der Waals surface area contributed by atoms with Crippen LogP contribution in [0.25, 0.3) is 10.4 Å². The Bertz CT molecular complexity index is 462. The summed E-state index contributed by atoms with van der Waals surface area (Å²) in [6.45, 7) is 2.09. The predicted molar refractivity (Wildman–Crippen MR) is 63.9 cm³/mol. The summed E-state index contributed by atoms with van der Waals surface area (Å²) in [5.41, 5.74) is 7.40. The van der Waals surface area contributed by atoms with E-state index in [1.165, 1.54) is 9.75 Å². The molecule has 3 heteroatoms. The first-order chi connectivity index (χ1) is 6.66. The number of nitrogen functional groups attached to an aromatic ring is 1. The quantitative estimate of drug-likeness (QED) is 0.728. The molecule has 0 aliphatic rings. The number of hydrogen-bond donors (Lipinski definition) is 1. The van der Waals surface area contributed by atoms with Crippen molar-refractivity contribution >= 4 is 28.6 Å². The lowest BCUT2D eigenvalue weighted by Crippen LogP contribution is -1.85. The van der Waals surface area contributed by atoms with Crippen LogP contribution in [0.5, 0.6) is 0 Å². The Hall–Kier alpha value is -0.990. The van der Waals surface area contributed by atoms with Crippen molar-refractivity contribution in [3.8, 4) is 10.4 Å². The SMILES string of the molecule is Cc1ccc(-c2ccc(N)c(Cl)c2)s1. The number of halogens is 1. The summed E-state index contributed by atoms with van der Waals surface area (Å²) in [4.78, 5) is 2.53. The van der Waals surface area contributed by atoms with Gasteiger partial charge in [-0.1, -0.05) is 17.7 Å². The smallest absolute Gasteiger partial charge is 0.0641 e. The number of hydrogen-bond acceptors (Lipinski definition) is 2. The molecule has 1 nitrogen and oxygen atoms in total. The Balaban J connectivity index is 2.47. The molecule has 0 saturated heterocycles. The number of thiophene rings is 1. The standard InChI is InChI=1S/C11H10ClNS/c1-7-2-5-11(14-7)8-3-4-10(13)9(12)6-8/h2-6H,13H2,1H3. The third kappa shape index (κ3) is 1.76. The van der Waals surface area contributed by atoms with E-state index in [0.717, 1.165) is 5.56 Å². The minimum Gasteiger partial charge on any atom is -0.398 e. The summed E-state index contributed by atoms with van der Waals surface area (Å²) >= 11 is 7.71. The van der Waals surface area contributed by atoms with Crippen LogP contribution in [-0.4, -0.2) is 0 Å². The van der Waals surface area contributed by atoms with E-state index in [1.54, 1.807) is 11.3 Å². The van der Waals surface area contributed by atoms with Crippen molar-refractivity contribution < 1.29 is 0 Å². The van der Waals surface area contributed by atoms with Gasteiger partial charge in [0.2, 0.25) is 0 Å². The normalized spacial score (nSPS) is 10.4. The molecular formula is C11H10ClNS. The van der Waals surface area contributed by atoms with Gasteiger partial charge in [0, 0.05) is 9.75 Å². The number of benzene rings is 1. The number of aryl methyl sites for hydroxylation is 1. The van der Waals surface area contributed by atoms with E-state index in [-0.39, 0.29) is 0 Å². The van der Waals surface area contributed by atoms with Gasteiger partial charge in [-0.25, -0.2) is 0 Å². The average molecular weight is 224 g/mol. The van der Waals surface area contributed by atoms with E-state index in [0.29, 0.717) is 10.7 Å². The lowest BCUT2D eigenvalue weighted by molar-refractivity contribution is 1.64. The Morgan fingerprint density at radius 3 is 2.57 bits per heavy atom. The minimum absolute atomic E-state index is 0.619. The molecule has 0 spiro atoms. The zero-order valence-electron chi connectivity index (χ0n) is 7.75. The Kier molecular flexibility index (Phi) is 2.48. The number of anilines is 1. The molecule has 2 aromatic rings. The second-order valence-electron chi connectivity index (χ2n) is 3.15. The van der Waals surface area contributed by atoms with Crippen LogP contribution in [0, 0.1) is 6.92 Å². The van der Waals surface area contributed by atoms with Gasteiger partial charge in [-0.3, -0.25) is 0 Å². The Labute approximate surface area is 92.1 Å². The van der Waals surface area contributed by atoms with Crippen molar-refractivity contribution in [2.45, 2.75) is 6.92 Å². The Morgan fingerprint density at radius 2 is 2.00 bits per heavy atom. The number of rotatable bonds is 1. The van der Waals surface area contributed by atoms with Crippen LogP contribution in [0.3, 0.4) is 0 Å². The summed E-state index contributed by atoms with van der Waals surface area (Å²) in [6.07, 6.45) is 0. The molecule has 0 bridgehead atoms. The van der Waals surface area contributed by atoms with Crippen molar-refractivity contribution in [3.05, 3.63) is 40.2 Å². The van der Waals surface area contributed by atoms with Gasteiger partial charge in [0.05, 0.1) is 10.7 Å². The zero-order valence-corrected chi connectivity index (χ0v) is 9.32. The van der Waals surface area contributed by atoms with Crippen LogP contribution in [0.2, 0.25) is 5.02 Å². The Morgan fingerprint density at radius 1 is 1.21 bits per heavy atom. The third-order valence-corrected chi connectivity index (χ3v) is 3.40. The maximum atomic E-state index is 5.95. The van der Waals surface area contributed by atoms with Gasteiger partial charge in [0.25, 0.3) is 0 Å². The molecule has 0 aliphatic heterocycles. The molecule has 2 N–H and O–H groups in total. The van der Waals surface area contributed by atoms with E-state index < -0.39 is 0 Å². The first-order valence-corrected chi connectivity index (χ1v) is 5.48. The molecular weight excluding hydrogens is 214 g/mol. The summed E-state index contributed by atoms with van der Waals surface area (Å²) in [7, 11) is 0. The lowest BCUT2D eigenvalue weighted by atomic mass is 10.2. The van der Waals surface area contributed by atoms with Crippen LogP contribution in [0.1, 0.15) is 4.88 Å². The van der Waals surface area contributed by atoms with Crippen LogP contribution in [0.15, 0.2) is 30.3 Å². The van der Waals surface area contributed by atoms with Gasteiger partial charge in [0.1, 0.15) is 0 Å². The number of nitrogens with two attached hydrogens (primary N) is 1. The van der Waals surface area contributed by atoms with Crippen molar-refractivity contribution in [2.24, 2.45) is 0 Å². The summed E-state index contributed by atoms with van der Waals surface area (Å²) in [5.74, 6) is 0. The molecule has 0 unspecified atom stereocenters. The highest BCUT2D eigenvalue weighted by atomic mass is 35.5. The zero-order chi connectivity index (χ0) is 10.1. The lowest BCUT2D eigenvalue weighted by Gasteiger charge is -2.00. The molecule has 1 aromatic heterocycles. The molecule has 2 rings (SSSR count). The second-order valence-corrected chi connectivity index (χ2v) is 4.84. The van der Waals surface area contributed by atoms with Gasteiger partial charge in [-0.2, -0.15) is 0 Å². The highest BCUT2D eigenvalue weighted by Gasteiger charge is 2.02. The van der Waals surface area contributed by atoms with Crippen LogP contribution < -0.4 is 5.73 Å². The summed E-state index contributed by atoms with van der Waals surface area (Å²) in [5, 5.41) is 0.619. The predicted octanol–water partition coefficient (Wildman–Crippen LogP) is 3.96. The molecule has 14 heavy (non-hydrogen) atoms. The molecule has 72 valence electrons. The van der Waals surface area contributed by atoms with E-state index in [4.69, 9.17) is 17.3 Å². The molecule has 1 aromatic carbocycles. The van der Waals surface area contributed by atoms with E-state index in [1.807, 2.05) is 18.2 Å². The molecule has 1 heterocycles. The monoisotopic (exact) mass is 223 g/mol. The van der Waals surface area contributed by atoms with E-state index in [9.17, 15) is 0 Å². The largest absolute Gasteiger partial charge is 0.398 e. The molecule has 0 fully saturated rings. The molecule has 0 saturated carbocycles. The van der Waals surface area contributed by atoms with Crippen molar-refractivity contribution in [1.29, 1.82) is 0 Å². The van der Waals surface area contributed by atoms with Gasteiger partial charge in [-0.15, -0.1) is 11.3 Å². The topological polar surface area (TPSA) is 26.0 Å². The highest BCUT2D eigenvalue weighted by molar-refractivity contribution is 7.15. The van der Waals surface area contributed by atoms with Crippen LogP contribution >= 0.6 is 22.9 Å². The summed E-state index contributed by atoms with van der Waals surface area (Å²) < 4.78 is 0. The van der Waals surface area contributed by atoms with Gasteiger partial charge >= 0.3 is 0 Å². The minimum atomic E-state index is 0.619. The van der Waals surface area contributed by atoms with Gasteiger partial charge in [-0.05, 0) is 36.8 Å². The molecule has 0 amide bonds. The highest BCUT2D eigenvalue weighted by Crippen LogP contribution is 2.31. The van der Waals surface area contributed by atoms with Crippen molar-refractivity contribution in [2.75, 3.05) is 5.73 Å². The fraction of sp³-hybridized carbons (Fsp3) is 0.0909. The van der Waals surface area contributed by atoms with E-state index in [2.05, 4.69) is 19.1 Å². The fourth-order valence-corrected chi connectivity index (χ4v) is 2.31. The molecule has 0 radical (unpaired) electrons. The maximum Gasteiger partial charge on any atom is 0.0641 e. The van der Waals surface area contributed by atoms with Gasteiger partial charge < -0.3 is 5.73 Å². The second kappa shape index (κ2) is 3.64. The van der Waals surface area contributed by atoms with E-state index >= 15 is 0 Å². The molecule has 0 atom stereocenters. The fourth-order valence-electron chi connectivity index (χ4n) is 1.27. The van der Waals surface area contributed by atoms with Crippen molar-refractivity contribution in [1.82, 2.24) is 0 Å². The first-order valence-electron chi connectivity index (χ1n) is 4.28. The average Bonchev–Trinajstić information content (AvgIpc) is 2.57. The molecule has 0 aliphatic carbocycles. The third-order valence-electron chi connectivity index (χ3n) is 2.03. The van der Waals surface area contributed by atoms with Crippen LogP contribution in [0.4, 0.5) is 5.69 Å². The van der Waals surface area contributed by atoms with Gasteiger partial charge in [0.15, 0.2) is 0 Å². The summed E-state index contributed by atoms with van der Waals surface area (Å²) in [6, 6.07) is 9.94. The first kappa shape index (κ1) is 9.56. The maximum absolute atomic E-state index is 5.95.